The van der Waals surface area contributed by atoms with E-state index in [4.69, 9.17) is 0 Å². The van der Waals surface area contributed by atoms with Gasteiger partial charge in [-0.2, -0.15) is 0 Å². The standard InChI is InChI=1S/C55H45N/c1-53(2)45-22-10-8-20-41(45)43-32-29-37(35-51(43)53)28-30-38(17-16-34-56-40-18-6-5-7-19-40)39-31-33-44-42-21-9-11-23-46(42)55(52(44)36-39)49-26-14-12-24-47(49)54(3,4)48-25-13-15-27-50(48)55/h5-36,56H,1-4H3/b30-28-,34-16+,38-17+. The van der Waals surface area contributed by atoms with Crippen LogP contribution in [0.4, 0.5) is 5.69 Å². The normalized spacial score (nSPS) is 16.2. The number of hydrogen-bond acceptors (Lipinski definition) is 1. The molecule has 0 aromatic heterocycles. The van der Waals surface area contributed by atoms with Crippen molar-refractivity contribution in [1.82, 2.24) is 0 Å². The molecule has 1 nitrogen and oxygen atoms in total. The average Bonchev–Trinajstić information content (AvgIpc) is 3.65. The molecule has 0 heterocycles. The molecule has 0 aliphatic heterocycles. The molecule has 7 aromatic rings. The van der Waals surface area contributed by atoms with E-state index in [1.165, 1.54) is 77.9 Å². The second-order valence-electron chi connectivity index (χ2n) is 16.6. The van der Waals surface area contributed by atoms with Crippen molar-refractivity contribution in [3.05, 3.63) is 244 Å². The van der Waals surface area contributed by atoms with E-state index in [0.717, 1.165) is 11.3 Å². The minimum Gasteiger partial charge on any atom is -0.362 e. The number of hydrogen-bond donors (Lipinski definition) is 1. The number of nitrogens with one attached hydrogen (secondary N) is 1. The van der Waals surface area contributed by atoms with Gasteiger partial charge in [-0.15, -0.1) is 0 Å². The molecule has 0 atom stereocenters. The van der Waals surface area contributed by atoms with Gasteiger partial charge in [-0.3, -0.25) is 0 Å². The maximum atomic E-state index is 3.45. The number of benzene rings is 7. The maximum Gasteiger partial charge on any atom is 0.0719 e. The Morgan fingerprint density at radius 3 is 1.66 bits per heavy atom. The molecule has 56 heavy (non-hydrogen) atoms. The van der Waals surface area contributed by atoms with E-state index < -0.39 is 5.41 Å². The molecule has 0 fully saturated rings. The van der Waals surface area contributed by atoms with Gasteiger partial charge in [0, 0.05) is 22.7 Å². The van der Waals surface area contributed by atoms with Crippen LogP contribution in [-0.4, -0.2) is 0 Å². The lowest BCUT2D eigenvalue weighted by Gasteiger charge is -2.46. The van der Waals surface area contributed by atoms with Crippen molar-refractivity contribution in [1.29, 1.82) is 0 Å². The van der Waals surface area contributed by atoms with Crippen LogP contribution in [0.2, 0.25) is 0 Å². The fourth-order valence-electron chi connectivity index (χ4n) is 10.1. The third kappa shape index (κ3) is 5.00. The molecule has 0 saturated heterocycles. The van der Waals surface area contributed by atoms with Gasteiger partial charge in [0.05, 0.1) is 5.41 Å². The Morgan fingerprint density at radius 1 is 0.446 bits per heavy atom. The second kappa shape index (κ2) is 12.8. The smallest absolute Gasteiger partial charge is 0.0719 e. The summed E-state index contributed by atoms with van der Waals surface area (Å²) in [5.41, 5.74) is 20.3. The summed E-state index contributed by atoms with van der Waals surface area (Å²) in [6.07, 6.45) is 11.0. The van der Waals surface area contributed by atoms with Gasteiger partial charge < -0.3 is 5.32 Å². The van der Waals surface area contributed by atoms with Gasteiger partial charge >= 0.3 is 0 Å². The number of para-hydroxylation sites is 1. The highest BCUT2D eigenvalue weighted by Crippen LogP contribution is 2.62. The minimum absolute atomic E-state index is 0.0508. The Hall–Kier alpha value is -6.44. The SMILES string of the molecule is CC1(C)c2ccccc2-c2ccc(\C=C/C(=C\C=C\Nc3ccccc3)c3ccc4c(c3)C3(c5ccccc5-4)c4ccccc4C(C)(C)c4ccccc43)cc21. The monoisotopic (exact) mass is 719 g/mol. The largest absolute Gasteiger partial charge is 0.362 e. The molecular formula is C55H45N. The third-order valence-corrected chi connectivity index (χ3v) is 12.8. The van der Waals surface area contributed by atoms with Crippen molar-refractivity contribution in [2.45, 2.75) is 43.9 Å². The van der Waals surface area contributed by atoms with Crippen LogP contribution in [-0.2, 0) is 16.2 Å². The van der Waals surface area contributed by atoms with Gasteiger partial charge in [0.2, 0.25) is 0 Å². The minimum atomic E-state index is -0.440. The lowest BCUT2D eigenvalue weighted by molar-refractivity contribution is 0.563. The van der Waals surface area contributed by atoms with Crippen molar-refractivity contribution in [2.75, 3.05) is 5.32 Å². The summed E-state index contributed by atoms with van der Waals surface area (Å²) in [5, 5.41) is 3.45. The van der Waals surface area contributed by atoms with E-state index in [2.05, 4.69) is 215 Å². The van der Waals surface area contributed by atoms with E-state index in [9.17, 15) is 0 Å². The highest BCUT2D eigenvalue weighted by molar-refractivity contribution is 5.91. The van der Waals surface area contributed by atoms with Crippen molar-refractivity contribution in [2.24, 2.45) is 0 Å². The van der Waals surface area contributed by atoms with E-state index in [-0.39, 0.29) is 10.8 Å². The van der Waals surface area contributed by atoms with E-state index in [1.807, 2.05) is 12.3 Å². The Labute approximate surface area is 331 Å². The highest BCUT2D eigenvalue weighted by Gasteiger charge is 2.53. The second-order valence-corrected chi connectivity index (χ2v) is 16.6. The topological polar surface area (TPSA) is 12.0 Å². The first-order valence-corrected chi connectivity index (χ1v) is 19.9. The van der Waals surface area contributed by atoms with E-state index in [0.29, 0.717) is 0 Å². The molecule has 10 rings (SSSR count). The van der Waals surface area contributed by atoms with E-state index in [1.54, 1.807) is 0 Å². The molecule has 0 saturated carbocycles. The Morgan fingerprint density at radius 2 is 0.964 bits per heavy atom. The quantitative estimate of drug-likeness (QED) is 0.169. The zero-order valence-electron chi connectivity index (χ0n) is 32.5. The lowest BCUT2D eigenvalue weighted by atomic mass is 9.55. The summed E-state index contributed by atoms with van der Waals surface area (Å²) in [7, 11) is 0. The van der Waals surface area contributed by atoms with Crippen molar-refractivity contribution in [3.8, 4) is 22.3 Å². The summed E-state index contributed by atoms with van der Waals surface area (Å²) in [4.78, 5) is 0. The molecule has 0 radical (unpaired) electrons. The molecule has 3 aliphatic carbocycles. The summed E-state index contributed by atoms with van der Waals surface area (Å²) >= 11 is 0. The first-order valence-electron chi connectivity index (χ1n) is 19.9. The van der Waals surface area contributed by atoms with Crippen LogP contribution in [0.3, 0.4) is 0 Å². The van der Waals surface area contributed by atoms with Crippen LogP contribution >= 0.6 is 0 Å². The number of anilines is 1. The van der Waals surface area contributed by atoms with Crippen molar-refractivity contribution in [3.63, 3.8) is 0 Å². The predicted octanol–water partition coefficient (Wildman–Crippen LogP) is 13.7. The van der Waals surface area contributed by atoms with Crippen LogP contribution in [0.15, 0.2) is 188 Å². The van der Waals surface area contributed by atoms with Crippen LogP contribution in [0.5, 0.6) is 0 Å². The van der Waals surface area contributed by atoms with Crippen molar-refractivity contribution >= 4 is 17.3 Å². The Bertz CT molecular complexity index is 2720. The van der Waals surface area contributed by atoms with Gasteiger partial charge in [-0.25, -0.2) is 0 Å². The highest BCUT2D eigenvalue weighted by atomic mass is 14.8. The maximum absolute atomic E-state index is 3.45. The first-order chi connectivity index (χ1) is 27.3. The first kappa shape index (κ1) is 34.1. The van der Waals surface area contributed by atoms with Crippen LogP contribution in [0, 0.1) is 0 Å². The van der Waals surface area contributed by atoms with Gasteiger partial charge in [-0.05, 0) is 108 Å². The molecule has 270 valence electrons. The van der Waals surface area contributed by atoms with E-state index >= 15 is 0 Å². The fraction of sp³-hybridized carbons (Fsp3) is 0.127. The summed E-state index contributed by atoms with van der Waals surface area (Å²) in [6, 6.07) is 60.7. The fourth-order valence-corrected chi connectivity index (χ4v) is 10.1. The molecule has 1 spiro atoms. The molecule has 0 bridgehead atoms. The van der Waals surface area contributed by atoms with Gasteiger partial charge in [-0.1, -0.05) is 192 Å². The molecule has 0 amide bonds. The lowest BCUT2D eigenvalue weighted by Crippen LogP contribution is -2.40. The molecule has 7 aromatic carbocycles. The molecular weight excluding hydrogens is 675 g/mol. The van der Waals surface area contributed by atoms with Gasteiger partial charge in [0.15, 0.2) is 0 Å². The van der Waals surface area contributed by atoms with Crippen LogP contribution in [0.1, 0.15) is 83.3 Å². The zero-order valence-corrected chi connectivity index (χ0v) is 32.5. The average molecular weight is 720 g/mol. The molecule has 1 heteroatoms. The molecule has 0 unspecified atom stereocenters. The summed E-state index contributed by atoms with van der Waals surface area (Å²) in [5.74, 6) is 0. The van der Waals surface area contributed by atoms with Crippen LogP contribution in [0.25, 0.3) is 33.9 Å². The molecule has 1 N–H and O–H groups in total. The summed E-state index contributed by atoms with van der Waals surface area (Å²) < 4.78 is 0. The van der Waals surface area contributed by atoms with Crippen molar-refractivity contribution < 1.29 is 0 Å². The predicted molar refractivity (Wildman–Crippen MR) is 236 cm³/mol. The third-order valence-electron chi connectivity index (χ3n) is 12.8. The number of allylic oxidation sites excluding steroid dienone is 4. The Balaban J connectivity index is 1.14. The summed E-state index contributed by atoms with van der Waals surface area (Å²) in [6.45, 7) is 9.47. The molecule has 3 aliphatic rings. The Kier molecular flexibility index (Phi) is 7.80. The number of fused-ring (bicyclic) bond motifs is 12. The van der Waals surface area contributed by atoms with Crippen LogP contribution < -0.4 is 5.32 Å². The van der Waals surface area contributed by atoms with Gasteiger partial charge in [0.25, 0.3) is 0 Å². The number of rotatable bonds is 6. The van der Waals surface area contributed by atoms with Gasteiger partial charge in [0.1, 0.15) is 0 Å². The zero-order chi connectivity index (χ0) is 38.1.